The summed E-state index contributed by atoms with van der Waals surface area (Å²) >= 11 is 0. The summed E-state index contributed by atoms with van der Waals surface area (Å²) in [5.74, 6) is 6.61. The first-order valence-electron chi connectivity index (χ1n) is 5.41. The van der Waals surface area contributed by atoms with E-state index in [9.17, 15) is 0 Å². The third-order valence-electron chi connectivity index (χ3n) is 2.29. The highest BCUT2D eigenvalue weighted by Gasteiger charge is 2.03. The van der Waals surface area contributed by atoms with E-state index in [4.69, 9.17) is 15.7 Å². The van der Waals surface area contributed by atoms with Crippen molar-refractivity contribution in [2.75, 3.05) is 5.43 Å². The van der Waals surface area contributed by atoms with Crippen LogP contribution in [0.1, 0.15) is 11.3 Å². The van der Waals surface area contributed by atoms with Crippen LogP contribution in [0.3, 0.4) is 0 Å². The summed E-state index contributed by atoms with van der Waals surface area (Å²) in [4.78, 5) is 8.13. The van der Waals surface area contributed by atoms with Crippen molar-refractivity contribution in [3.8, 4) is 11.6 Å². The molecule has 0 saturated heterocycles. The van der Waals surface area contributed by atoms with Gasteiger partial charge in [-0.05, 0) is 24.6 Å². The van der Waals surface area contributed by atoms with E-state index in [1.54, 1.807) is 30.3 Å². The summed E-state index contributed by atoms with van der Waals surface area (Å²) in [5, 5.41) is 8.94. The van der Waals surface area contributed by atoms with Crippen molar-refractivity contribution in [2.45, 2.75) is 13.5 Å². The topological polar surface area (TPSA) is 93.3 Å². The van der Waals surface area contributed by atoms with E-state index in [0.717, 1.165) is 11.3 Å². The zero-order valence-electron chi connectivity index (χ0n) is 9.92. The zero-order valence-corrected chi connectivity index (χ0v) is 9.92. The van der Waals surface area contributed by atoms with Crippen molar-refractivity contribution in [2.24, 2.45) is 5.84 Å². The van der Waals surface area contributed by atoms with Crippen LogP contribution in [-0.2, 0) is 6.61 Å². The van der Waals surface area contributed by atoms with Gasteiger partial charge < -0.3 is 9.84 Å². The number of nitrogens with one attached hydrogen (secondary N) is 1. The van der Waals surface area contributed by atoms with Gasteiger partial charge >= 0.3 is 0 Å². The van der Waals surface area contributed by atoms with E-state index >= 15 is 0 Å². The molecule has 2 rings (SSSR count). The van der Waals surface area contributed by atoms with Gasteiger partial charge in [-0.25, -0.2) is 10.8 Å². The molecule has 1 aromatic carbocycles. The molecule has 6 nitrogen and oxygen atoms in total. The number of hydrogen-bond donors (Lipinski definition) is 3. The number of benzene rings is 1. The van der Waals surface area contributed by atoms with Gasteiger partial charge in [-0.1, -0.05) is 12.1 Å². The number of aliphatic hydroxyl groups is 1. The number of nitrogens with zero attached hydrogens (tertiary/aromatic N) is 2. The number of nitrogens with two attached hydrogens (primary N) is 1. The maximum atomic E-state index is 8.94. The van der Waals surface area contributed by atoms with Gasteiger partial charge in [-0.15, -0.1) is 0 Å². The van der Waals surface area contributed by atoms with Gasteiger partial charge in [0, 0.05) is 11.8 Å². The number of hydrazine groups is 1. The highest BCUT2D eigenvalue weighted by atomic mass is 16.5. The molecule has 0 fully saturated rings. The Hall–Kier alpha value is -2.18. The molecule has 2 aromatic rings. The quantitative estimate of drug-likeness (QED) is 0.557. The van der Waals surface area contributed by atoms with Crippen LogP contribution >= 0.6 is 0 Å². The molecular weight excluding hydrogens is 232 g/mol. The van der Waals surface area contributed by atoms with Crippen LogP contribution in [0, 0.1) is 6.92 Å². The number of aryl methyl sites for hydroxylation is 1. The lowest BCUT2D eigenvalue weighted by Gasteiger charge is -2.07. The Kier molecular flexibility index (Phi) is 3.71. The Balaban J connectivity index is 2.19. The van der Waals surface area contributed by atoms with E-state index in [0.29, 0.717) is 17.6 Å². The van der Waals surface area contributed by atoms with Gasteiger partial charge in [0.15, 0.2) is 0 Å². The van der Waals surface area contributed by atoms with Crippen LogP contribution in [0.2, 0.25) is 0 Å². The largest absolute Gasteiger partial charge is 0.439 e. The van der Waals surface area contributed by atoms with Crippen molar-refractivity contribution >= 4 is 5.95 Å². The average Bonchev–Trinajstić information content (AvgIpc) is 2.39. The molecule has 4 N–H and O–H groups in total. The normalized spacial score (nSPS) is 10.2. The van der Waals surface area contributed by atoms with Crippen LogP contribution in [0.5, 0.6) is 11.6 Å². The van der Waals surface area contributed by atoms with E-state index in [1.807, 2.05) is 6.92 Å². The maximum absolute atomic E-state index is 8.94. The van der Waals surface area contributed by atoms with E-state index in [2.05, 4.69) is 15.4 Å². The molecule has 1 heterocycles. The summed E-state index contributed by atoms with van der Waals surface area (Å²) in [7, 11) is 0. The van der Waals surface area contributed by atoms with E-state index in [1.165, 1.54) is 0 Å². The lowest BCUT2D eigenvalue weighted by molar-refractivity contribution is 0.281. The number of aromatic nitrogens is 2. The Morgan fingerprint density at radius 2 is 2.00 bits per heavy atom. The molecule has 0 spiro atoms. The summed E-state index contributed by atoms with van der Waals surface area (Å²) < 4.78 is 5.57. The fourth-order valence-electron chi connectivity index (χ4n) is 1.44. The van der Waals surface area contributed by atoms with Crippen molar-refractivity contribution in [1.29, 1.82) is 0 Å². The van der Waals surface area contributed by atoms with E-state index < -0.39 is 0 Å². The lowest BCUT2D eigenvalue weighted by atomic mass is 10.2. The molecular formula is C12H14N4O2. The molecule has 94 valence electrons. The van der Waals surface area contributed by atoms with Crippen LogP contribution in [0.15, 0.2) is 30.3 Å². The minimum absolute atomic E-state index is 0.00807. The molecule has 0 aliphatic rings. The van der Waals surface area contributed by atoms with Crippen molar-refractivity contribution in [3.63, 3.8) is 0 Å². The van der Waals surface area contributed by atoms with Crippen LogP contribution in [-0.4, -0.2) is 15.1 Å². The molecule has 0 radical (unpaired) electrons. The highest BCUT2D eigenvalue weighted by molar-refractivity contribution is 5.34. The standard InChI is InChI=1S/C12H14N4O2/c1-8-6-11(15-12(14-8)16-13)18-10-4-2-9(7-17)3-5-10/h2-6,17H,7,13H2,1H3,(H,14,15,16). The van der Waals surface area contributed by atoms with Crippen molar-refractivity contribution in [1.82, 2.24) is 9.97 Å². The first-order valence-corrected chi connectivity index (χ1v) is 5.41. The first kappa shape index (κ1) is 12.3. The Morgan fingerprint density at radius 1 is 1.28 bits per heavy atom. The Bertz CT molecular complexity index is 528. The highest BCUT2D eigenvalue weighted by Crippen LogP contribution is 2.21. The van der Waals surface area contributed by atoms with Crippen LogP contribution in [0.4, 0.5) is 5.95 Å². The van der Waals surface area contributed by atoms with Crippen LogP contribution in [0.25, 0.3) is 0 Å². The van der Waals surface area contributed by atoms with Gasteiger partial charge in [0.1, 0.15) is 5.75 Å². The average molecular weight is 246 g/mol. The minimum Gasteiger partial charge on any atom is -0.439 e. The molecule has 0 bridgehead atoms. The summed E-state index contributed by atoms with van der Waals surface area (Å²) in [5.41, 5.74) is 3.95. The number of ether oxygens (including phenoxy) is 1. The summed E-state index contributed by atoms with van der Waals surface area (Å²) in [6.45, 7) is 1.83. The van der Waals surface area contributed by atoms with Crippen molar-refractivity contribution in [3.05, 3.63) is 41.6 Å². The Labute approximate surface area is 104 Å². The van der Waals surface area contributed by atoms with Gasteiger partial charge in [0.2, 0.25) is 11.8 Å². The van der Waals surface area contributed by atoms with Crippen LogP contribution < -0.4 is 16.0 Å². The van der Waals surface area contributed by atoms with E-state index in [-0.39, 0.29) is 6.61 Å². The van der Waals surface area contributed by atoms with Gasteiger partial charge in [0.05, 0.1) is 6.61 Å². The number of anilines is 1. The fraction of sp³-hybridized carbons (Fsp3) is 0.167. The molecule has 0 aliphatic carbocycles. The predicted octanol–water partition coefficient (Wildman–Crippen LogP) is 1.36. The smallest absolute Gasteiger partial charge is 0.240 e. The second-order valence-corrected chi connectivity index (χ2v) is 3.72. The second kappa shape index (κ2) is 5.44. The van der Waals surface area contributed by atoms with Gasteiger partial charge in [0.25, 0.3) is 0 Å². The van der Waals surface area contributed by atoms with Gasteiger partial charge in [-0.2, -0.15) is 4.98 Å². The zero-order chi connectivity index (χ0) is 13.0. The predicted molar refractivity (Wildman–Crippen MR) is 67.0 cm³/mol. The Morgan fingerprint density at radius 3 is 2.61 bits per heavy atom. The maximum Gasteiger partial charge on any atom is 0.240 e. The van der Waals surface area contributed by atoms with Crippen molar-refractivity contribution < 1.29 is 9.84 Å². The number of aliphatic hydroxyl groups excluding tert-OH is 1. The molecule has 0 atom stereocenters. The number of nitrogen functional groups attached to an aromatic ring is 1. The second-order valence-electron chi connectivity index (χ2n) is 3.72. The number of hydrogen-bond acceptors (Lipinski definition) is 6. The molecule has 1 aromatic heterocycles. The third kappa shape index (κ3) is 2.93. The summed E-state index contributed by atoms with van der Waals surface area (Å²) in [6, 6.07) is 8.80. The molecule has 0 saturated carbocycles. The number of rotatable bonds is 4. The minimum atomic E-state index is 0.00807. The van der Waals surface area contributed by atoms with Gasteiger partial charge in [-0.3, -0.25) is 5.43 Å². The monoisotopic (exact) mass is 246 g/mol. The molecule has 0 amide bonds. The SMILES string of the molecule is Cc1cc(Oc2ccc(CO)cc2)nc(NN)n1. The first-order chi connectivity index (χ1) is 8.71. The lowest BCUT2D eigenvalue weighted by Crippen LogP contribution is -2.11. The summed E-state index contributed by atoms with van der Waals surface area (Å²) in [6.07, 6.45) is 0. The molecule has 0 aliphatic heterocycles. The third-order valence-corrected chi connectivity index (χ3v) is 2.29. The molecule has 6 heteroatoms. The molecule has 18 heavy (non-hydrogen) atoms. The molecule has 0 unspecified atom stereocenters. The fourth-order valence-corrected chi connectivity index (χ4v) is 1.44.